The minimum absolute atomic E-state index is 0.443. The third-order valence-electron chi connectivity index (χ3n) is 7.25. The minimum atomic E-state index is -0.443. The molecule has 8 heteroatoms. The first-order valence-corrected chi connectivity index (χ1v) is 12.7. The van der Waals surface area contributed by atoms with Crippen LogP contribution in [0.25, 0.3) is 0 Å². The quantitative estimate of drug-likeness (QED) is 0.506. The van der Waals surface area contributed by atoms with Crippen molar-refractivity contribution in [3.05, 3.63) is 65.1 Å². The molecule has 1 unspecified atom stereocenters. The Morgan fingerprint density at radius 2 is 1.97 bits per heavy atom. The van der Waals surface area contributed by atoms with E-state index in [-0.39, 0.29) is 0 Å². The van der Waals surface area contributed by atoms with E-state index in [1.54, 1.807) is 0 Å². The van der Waals surface area contributed by atoms with Crippen LogP contribution in [0.2, 0.25) is 0 Å². The Labute approximate surface area is 201 Å². The van der Waals surface area contributed by atoms with Crippen LogP contribution in [0.3, 0.4) is 0 Å². The van der Waals surface area contributed by atoms with Crippen molar-refractivity contribution in [3.8, 4) is 0 Å². The van der Waals surface area contributed by atoms with Gasteiger partial charge in [0.05, 0.1) is 5.41 Å². The molecule has 1 atom stereocenters. The molecular formula is C26H34N8. The molecule has 5 rings (SSSR count). The first-order valence-electron chi connectivity index (χ1n) is 12.7. The number of aryl methyl sites for hydroxylation is 1. The van der Waals surface area contributed by atoms with E-state index in [1.165, 1.54) is 37.7 Å². The fourth-order valence-corrected chi connectivity index (χ4v) is 5.24. The standard InChI is InChI=1S/C26H34N8/c1-2-3-17-34-24(28-23(31-34)18-20-7-5-4-6-8-20)19-21-9-11-22(12-10-21)26(13-15-27-16-14-26)25-29-32-33-30-25/h9-13,15-16,20H,2-8,14,17-19H2,1H3,(H,29,30,32,33). The molecule has 1 aliphatic heterocycles. The van der Waals surface area contributed by atoms with Gasteiger partial charge in [-0.25, -0.2) is 9.67 Å². The van der Waals surface area contributed by atoms with Gasteiger partial charge < -0.3 is 0 Å². The van der Waals surface area contributed by atoms with Crippen molar-refractivity contribution in [2.45, 2.75) is 83.1 Å². The van der Waals surface area contributed by atoms with E-state index in [1.807, 2.05) is 12.4 Å². The van der Waals surface area contributed by atoms with Gasteiger partial charge in [0.2, 0.25) is 0 Å². The van der Waals surface area contributed by atoms with Crippen LogP contribution in [-0.4, -0.2) is 41.6 Å². The van der Waals surface area contributed by atoms with Gasteiger partial charge in [0.1, 0.15) is 5.82 Å². The number of nitrogens with one attached hydrogen (secondary N) is 1. The van der Waals surface area contributed by atoms with Gasteiger partial charge in [-0.2, -0.15) is 10.3 Å². The molecule has 0 radical (unpaired) electrons. The molecule has 1 aliphatic carbocycles. The third-order valence-corrected chi connectivity index (χ3v) is 7.25. The van der Waals surface area contributed by atoms with Crippen LogP contribution in [0, 0.1) is 5.92 Å². The number of H-pyrrole nitrogens is 1. The zero-order valence-corrected chi connectivity index (χ0v) is 20.0. The van der Waals surface area contributed by atoms with Gasteiger partial charge in [0.25, 0.3) is 0 Å². The second-order valence-electron chi connectivity index (χ2n) is 9.66. The molecule has 2 aromatic heterocycles. The fraction of sp³-hybridized carbons (Fsp3) is 0.538. The summed E-state index contributed by atoms with van der Waals surface area (Å²) in [6.07, 6.45) is 17.3. The van der Waals surface area contributed by atoms with Gasteiger partial charge in [-0.1, -0.05) is 74.9 Å². The maximum Gasteiger partial charge on any atom is 0.189 e. The van der Waals surface area contributed by atoms with E-state index in [2.05, 4.69) is 67.6 Å². The first kappa shape index (κ1) is 22.6. The molecule has 3 aromatic rings. The molecule has 2 aliphatic rings. The topological polar surface area (TPSA) is 97.5 Å². The second kappa shape index (κ2) is 10.4. The number of hydrogen-bond donors (Lipinski definition) is 1. The monoisotopic (exact) mass is 458 g/mol. The molecule has 178 valence electrons. The number of aromatic nitrogens is 7. The molecule has 8 nitrogen and oxygen atoms in total. The van der Waals surface area contributed by atoms with E-state index in [0.29, 0.717) is 12.2 Å². The normalized spacial score (nSPS) is 20.7. The lowest BCUT2D eigenvalue weighted by molar-refractivity contribution is 0.351. The lowest BCUT2D eigenvalue weighted by Crippen LogP contribution is -2.29. The van der Waals surface area contributed by atoms with Gasteiger partial charge in [-0.05, 0) is 29.5 Å². The SMILES string of the molecule is CCCCn1nc(CC2CCCCC2)nc1Cc1ccc(C2(c3nn[nH]n3)C=CN=CC2)cc1. The summed E-state index contributed by atoms with van der Waals surface area (Å²) in [5, 5.41) is 19.9. The van der Waals surface area contributed by atoms with E-state index < -0.39 is 5.41 Å². The predicted molar refractivity (Wildman–Crippen MR) is 132 cm³/mol. The van der Waals surface area contributed by atoms with Crippen LogP contribution < -0.4 is 0 Å². The summed E-state index contributed by atoms with van der Waals surface area (Å²) in [5.74, 6) is 3.51. The third kappa shape index (κ3) is 4.86. The molecule has 1 fully saturated rings. The minimum Gasteiger partial charge on any atom is -0.269 e. The van der Waals surface area contributed by atoms with Crippen molar-refractivity contribution >= 4 is 6.21 Å². The smallest absolute Gasteiger partial charge is 0.189 e. The Kier molecular flexibility index (Phi) is 6.92. The summed E-state index contributed by atoms with van der Waals surface area (Å²) >= 11 is 0. The highest BCUT2D eigenvalue weighted by Crippen LogP contribution is 2.36. The number of tetrazole rings is 1. The molecule has 1 saturated carbocycles. The number of aromatic amines is 1. The largest absolute Gasteiger partial charge is 0.269 e. The Morgan fingerprint density at radius 3 is 2.68 bits per heavy atom. The molecule has 34 heavy (non-hydrogen) atoms. The maximum absolute atomic E-state index is 5.01. The number of allylic oxidation sites excluding steroid dienone is 1. The maximum atomic E-state index is 5.01. The van der Waals surface area contributed by atoms with Crippen molar-refractivity contribution < 1.29 is 0 Å². The van der Waals surface area contributed by atoms with Crippen molar-refractivity contribution in [3.63, 3.8) is 0 Å². The van der Waals surface area contributed by atoms with E-state index in [9.17, 15) is 0 Å². The van der Waals surface area contributed by atoms with E-state index in [0.717, 1.165) is 55.4 Å². The van der Waals surface area contributed by atoms with Crippen LogP contribution in [0.1, 0.15) is 86.9 Å². The predicted octanol–water partition coefficient (Wildman–Crippen LogP) is 4.58. The molecule has 1 aromatic carbocycles. The fourth-order valence-electron chi connectivity index (χ4n) is 5.24. The summed E-state index contributed by atoms with van der Waals surface area (Å²) in [4.78, 5) is 9.26. The zero-order valence-electron chi connectivity index (χ0n) is 20.0. The van der Waals surface area contributed by atoms with Crippen LogP contribution in [0.15, 0.2) is 41.5 Å². The number of unbranched alkanes of at least 4 members (excludes halogenated alkanes) is 1. The molecule has 3 heterocycles. The van der Waals surface area contributed by atoms with Gasteiger partial charge in [0, 0.05) is 38.2 Å². The lowest BCUT2D eigenvalue weighted by atomic mass is 9.76. The molecule has 0 saturated heterocycles. The van der Waals surface area contributed by atoms with E-state index >= 15 is 0 Å². The second-order valence-corrected chi connectivity index (χ2v) is 9.66. The number of rotatable bonds is 9. The van der Waals surface area contributed by atoms with Crippen molar-refractivity contribution in [1.82, 2.24) is 35.4 Å². The van der Waals surface area contributed by atoms with Gasteiger partial charge in [-0.15, -0.1) is 10.2 Å². The Balaban J connectivity index is 1.35. The average molecular weight is 459 g/mol. The summed E-state index contributed by atoms with van der Waals surface area (Å²) in [7, 11) is 0. The number of hydrogen-bond acceptors (Lipinski definition) is 6. The van der Waals surface area contributed by atoms with Crippen molar-refractivity contribution in [2.75, 3.05) is 0 Å². The highest BCUT2D eigenvalue weighted by Gasteiger charge is 2.36. The molecule has 0 amide bonds. The van der Waals surface area contributed by atoms with Crippen LogP contribution in [-0.2, 0) is 24.8 Å². The average Bonchev–Trinajstić information content (AvgIpc) is 3.55. The van der Waals surface area contributed by atoms with Gasteiger partial charge >= 0.3 is 0 Å². The molecular weight excluding hydrogens is 424 g/mol. The van der Waals surface area contributed by atoms with Gasteiger partial charge in [0.15, 0.2) is 11.6 Å². The number of nitrogens with zero attached hydrogens (tertiary/aromatic N) is 7. The summed E-state index contributed by atoms with van der Waals surface area (Å²) in [6.45, 7) is 3.16. The Morgan fingerprint density at radius 1 is 1.12 bits per heavy atom. The summed E-state index contributed by atoms with van der Waals surface area (Å²) < 4.78 is 2.15. The van der Waals surface area contributed by atoms with Crippen molar-refractivity contribution in [2.24, 2.45) is 10.9 Å². The molecule has 0 spiro atoms. The van der Waals surface area contributed by atoms with E-state index in [4.69, 9.17) is 10.1 Å². The van der Waals surface area contributed by atoms with Crippen LogP contribution >= 0.6 is 0 Å². The van der Waals surface area contributed by atoms with Crippen LogP contribution in [0.4, 0.5) is 0 Å². The molecule has 0 bridgehead atoms. The Hall–Kier alpha value is -3.16. The summed E-state index contributed by atoms with van der Waals surface area (Å²) in [5.41, 5.74) is 1.92. The number of aliphatic imine (C=N–C) groups is 1. The highest BCUT2D eigenvalue weighted by molar-refractivity contribution is 5.66. The first-order chi connectivity index (χ1) is 16.8. The number of benzene rings is 1. The van der Waals surface area contributed by atoms with Crippen molar-refractivity contribution in [1.29, 1.82) is 0 Å². The highest BCUT2D eigenvalue weighted by atomic mass is 15.5. The van der Waals surface area contributed by atoms with Crippen LogP contribution in [0.5, 0.6) is 0 Å². The molecule has 1 N–H and O–H groups in total. The Bertz CT molecular complexity index is 1110. The van der Waals surface area contributed by atoms with Gasteiger partial charge in [-0.3, -0.25) is 4.99 Å². The lowest BCUT2D eigenvalue weighted by Gasteiger charge is -2.28. The summed E-state index contributed by atoms with van der Waals surface area (Å²) in [6, 6.07) is 8.72. The zero-order chi connectivity index (χ0) is 23.2.